The van der Waals surface area contributed by atoms with Crippen molar-refractivity contribution in [1.82, 2.24) is 0 Å². The minimum Gasteiger partial charge on any atom is -0.326 e. The Morgan fingerprint density at radius 3 is 1.33 bits per heavy atom. The Morgan fingerprint density at radius 2 is 0.967 bits per heavy atom. The number of hydrogen-bond donors (Lipinski definition) is 2. The highest BCUT2D eigenvalue weighted by molar-refractivity contribution is 6.31. The minimum absolute atomic E-state index is 0.0355. The first-order chi connectivity index (χ1) is 14.5. The van der Waals surface area contributed by atoms with Crippen LogP contribution in [0.5, 0.6) is 0 Å². The lowest BCUT2D eigenvalue weighted by Crippen LogP contribution is -2.11. The normalized spacial score (nSPS) is 10.6. The third kappa shape index (κ3) is 10.7. The SMILES string of the molecule is O=C(CCCCCCCCCCC(=O)Nc1cccc(Cl)c1)Nc1cccc(Cl)c1. The Hall–Kier alpha value is -2.04. The van der Waals surface area contributed by atoms with Gasteiger partial charge in [-0.15, -0.1) is 0 Å². The topological polar surface area (TPSA) is 58.2 Å². The highest BCUT2D eigenvalue weighted by Crippen LogP contribution is 2.17. The Morgan fingerprint density at radius 1 is 0.600 bits per heavy atom. The third-order valence-electron chi connectivity index (χ3n) is 4.77. The van der Waals surface area contributed by atoms with Crippen LogP contribution in [0.25, 0.3) is 0 Å². The second kappa shape index (κ2) is 14.1. The van der Waals surface area contributed by atoms with Gasteiger partial charge in [-0.1, -0.05) is 73.9 Å². The van der Waals surface area contributed by atoms with Crippen molar-refractivity contribution in [2.45, 2.75) is 64.2 Å². The van der Waals surface area contributed by atoms with Gasteiger partial charge in [0.25, 0.3) is 0 Å². The number of nitrogens with one attached hydrogen (secondary N) is 2. The van der Waals surface area contributed by atoms with Gasteiger partial charge in [0.1, 0.15) is 0 Å². The second-order valence-electron chi connectivity index (χ2n) is 7.45. The van der Waals surface area contributed by atoms with Crippen LogP contribution in [0.15, 0.2) is 48.5 Å². The van der Waals surface area contributed by atoms with Crippen LogP contribution in [0, 0.1) is 0 Å². The van der Waals surface area contributed by atoms with E-state index >= 15 is 0 Å². The predicted octanol–water partition coefficient (Wildman–Crippen LogP) is 7.47. The Kier molecular flexibility index (Phi) is 11.3. The fourth-order valence-corrected chi connectivity index (χ4v) is 3.59. The van der Waals surface area contributed by atoms with Crippen molar-refractivity contribution >= 4 is 46.4 Å². The summed E-state index contributed by atoms with van der Waals surface area (Å²) in [6, 6.07) is 14.4. The number of amides is 2. The van der Waals surface area contributed by atoms with Gasteiger partial charge in [0.15, 0.2) is 0 Å². The number of carbonyl (C=O) groups excluding carboxylic acids is 2. The molecule has 0 aliphatic rings. The lowest BCUT2D eigenvalue weighted by atomic mass is 10.1. The number of unbranched alkanes of at least 4 members (excludes halogenated alkanes) is 7. The largest absolute Gasteiger partial charge is 0.326 e. The molecular formula is C24H30Cl2N2O2. The van der Waals surface area contributed by atoms with Gasteiger partial charge in [-0.05, 0) is 49.2 Å². The number of carbonyl (C=O) groups is 2. The van der Waals surface area contributed by atoms with Crippen LogP contribution >= 0.6 is 23.2 Å². The molecule has 2 amide bonds. The zero-order chi connectivity index (χ0) is 21.6. The minimum atomic E-state index is 0.0355. The van der Waals surface area contributed by atoms with E-state index in [1.54, 1.807) is 24.3 Å². The molecule has 162 valence electrons. The zero-order valence-corrected chi connectivity index (χ0v) is 18.8. The summed E-state index contributed by atoms with van der Waals surface area (Å²) < 4.78 is 0. The van der Waals surface area contributed by atoms with E-state index in [1.165, 1.54) is 12.8 Å². The summed E-state index contributed by atoms with van der Waals surface area (Å²) in [6.07, 6.45) is 9.61. The smallest absolute Gasteiger partial charge is 0.224 e. The van der Waals surface area contributed by atoms with Crippen LogP contribution < -0.4 is 10.6 Å². The van der Waals surface area contributed by atoms with Gasteiger partial charge in [0.2, 0.25) is 11.8 Å². The molecule has 0 unspecified atom stereocenters. The average Bonchev–Trinajstić information content (AvgIpc) is 2.69. The van der Waals surface area contributed by atoms with E-state index in [-0.39, 0.29) is 11.8 Å². The van der Waals surface area contributed by atoms with Crippen molar-refractivity contribution in [3.8, 4) is 0 Å². The molecule has 2 aromatic carbocycles. The van der Waals surface area contributed by atoms with Crippen LogP contribution in [-0.4, -0.2) is 11.8 Å². The van der Waals surface area contributed by atoms with Gasteiger partial charge in [0.05, 0.1) is 0 Å². The first kappa shape index (κ1) is 24.2. The van der Waals surface area contributed by atoms with Crippen molar-refractivity contribution in [3.63, 3.8) is 0 Å². The summed E-state index contributed by atoms with van der Waals surface area (Å²) in [5.41, 5.74) is 1.49. The molecule has 6 heteroatoms. The summed E-state index contributed by atoms with van der Waals surface area (Å²) in [5.74, 6) is 0.0710. The molecule has 30 heavy (non-hydrogen) atoms. The summed E-state index contributed by atoms with van der Waals surface area (Å²) in [6.45, 7) is 0. The molecule has 0 atom stereocenters. The highest BCUT2D eigenvalue weighted by Gasteiger charge is 2.04. The first-order valence-electron chi connectivity index (χ1n) is 10.6. The molecule has 0 aromatic heterocycles. The van der Waals surface area contributed by atoms with Crippen molar-refractivity contribution in [3.05, 3.63) is 58.6 Å². The van der Waals surface area contributed by atoms with Crippen LogP contribution in [0.3, 0.4) is 0 Å². The van der Waals surface area contributed by atoms with Crippen molar-refractivity contribution in [1.29, 1.82) is 0 Å². The molecule has 0 saturated carbocycles. The summed E-state index contributed by atoms with van der Waals surface area (Å²) in [4.78, 5) is 23.8. The Balaban J connectivity index is 1.41. The number of anilines is 2. The van der Waals surface area contributed by atoms with E-state index in [0.29, 0.717) is 22.9 Å². The highest BCUT2D eigenvalue weighted by atomic mass is 35.5. The van der Waals surface area contributed by atoms with Gasteiger partial charge in [0, 0.05) is 34.3 Å². The summed E-state index contributed by atoms with van der Waals surface area (Å²) in [7, 11) is 0. The van der Waals surface area contributed by atoms with Crippen LogP contribution in [0.2, 0.25) is 10.0 Å². The van der Waals surface area contributed by atoms with Gasteiger partial charge in [-0.2, -0.15) is 0 Å². The standard InChI is InChI=1S/C24H30Cl2N2O2/c25-19-11-9-13-21(17-19)27-23(29)15-7-5-3-1-2-4-6-8-16-24(30)28-22-14-10-12-20(26)18-22/h9-14,17-18H,1-8,15-16H2,(H,27,29)(H,28,30). The second-order valence-corrected chi connectivity index (χ2v) is 8.32. The van der Waals surface area contributed by atoms with Crippen LogP contribution in [0.1, 0.15) is 64.2 Å². The van der Waals surface area contributed by atoms with Gasteiger partial charge < -0.3 is 10.6 Å². The number of benzene rings is 2. The molecule has 2 rings (SSSR count). The average molecular weight is 449 g/mol. The molecule has 2 aromatic rings. The number of halogens is 2. The Bertz CT molecular complexity index is 744. The van der Waals surface area contributed by atoms with E-state index in [1.807, 2.05) is 24.3 Å². The van der Waals surface area contributed by atoms with Gasteiger partial charge in [-0.25, -0.2) is 0 Å². The van der Waals surface area contributed by atoms with E-state index in [9.17, 15) is 9.59 Å². The summed E-state index contributed by atoms with van der Waals surface area (Å²) >= 11 is 11.8. The molecule has 0 radical (unpaired) electrons. The monoisotopic (exact) mass is 448 g/mol. The lowest BCUT2D eigenvalue weighted by Gasteiger charge is -2.06. The van der Waals surface area contributed by atoms with Gasteiger partial charge in [-0.3, -0.25) is 9.59 Å². The number of rotatable bonds is 13. The predicted molar refractivity (Wildman–Crippen MR) is 126 cm³/mol. The first-order valence-corrected chi connectivity index (χ1v) is 11.4. The quantitative estimate of drug-likeness (QED) is 0.312. The van der Waals surface area contributed by atoms with Crippen molar-refractivity contribution in [2.75, 3.05) is 10.6 Å². The fourth-order valence-electron chi connectivity index (χ4n) is 3.21. The molecular weight excluding hydrogens is 419 g/mol. The van der Waals surface area contributed by atoms with E-state index < -0.39 is 0 Å². The summed E-state index contributed by atoms with van der Waals surface area (Å²) in [5, 5.41) is 6.98. The number of hydrogen-bond acceptors (Lipinski definition) is 2. The molecule has 0 bridgehead atoms. The van der Waals surface area contributed by atoms with Crippen LogP contribution in [-0.2, 0) is 9.59 Å². The van der Waals surface area contributed by atoms with Crippen molar-refractivity contribution < 1.29 is 9.59 Å². The maximum Gasteiger partial charge on any atom is 0.224 e. The molecule has 0 saturated heterocycles. The molecule has 2 N–H and O–H groups in total. The van der Waals surface area contributed by atoms with E-state index in [4.69, 9.17) is 23.2 Å². The molecule has 0 spiro atoms. The molecule has 0 fully saturated rings. The maximum absolute atomic E-state index is 11.9. The molecule has 0 heterocycles. The molecule has 4 nitrogen and oxygen atoms in total. The van der Waals surface area contributed by atoms with E-state index in [0.717, 1.165) is 49.9 Å². The molecule has 0 aliphatic carbocycles. The van der Waals surface area contributed by atoms with Crippen molar-refractivity contribution in [2.24, 2.45) is 0 Å². The zero-order valence-electron chi connectivity index (χ0n) is 17.3. The fraction of sp³-hybridized carbons (Fsp3) is 0.417. The lowest BCUT2D eigenvalue weighted by molar-refractivity contribution is -0.117. The maximum atomic E-state index is 11.9. The van der Waals surface area contributed by atoms with E-state index in [2.05, 4.69) is 10.6 Å². The third-order valence-corrected chi connectivity index (χ3v) is 5.24. The molecule has 0 aliphatic heterocycles. The van der Waals surface area contributed by atoms with Crippen LogP contribution in [0.4, 0.5) is 11.4 Å². The van der Waals surface area contributed by atoms with Gasteiger partial charge >= 0.3 is 0 Å². The Labute approximate surface area is 189 Å².